The van der Waals surface area contributed by atoms with E-state index in [4.69, 9.17) is 4.74 Å². The van der Waals surface area contributed by atoms with Crippen LogP contribution in [0.15, 0.2) is 22.8 Å². The summed E-state index contributed by atoms with van der Waals surface area (Å²) in [5.41, 5.74) is 2.07. The van der Waals surface area contributed by atoms with Crippen LogP contribution in [0.2, 0.25) is 0 Å². The zero-order valence-corrected chi connectivity index (χ0v) is 12.5. The third-order valence-electron chi connectivity index (χ3n) is 2.78. The fourth-order valence-electron chi connectivity index (χ4n) is 1.91. The van der Waals surface area contributed by atoms with Crippen LogP contribution >= 0.6 is 15.9 Å². The number of hydrogen-bond donors (Lipinski definition) is 1. The average Bonchev–Trinajstić information content (AvgIpc) is 2.70. The molecular formula is C13H16BrN3O2. The molecule has 0 aromatic carbocycles. The Morgan fingerprint density at radius 1 is 1.53 bits per heavy atom. The second-order valence-corrected chi connectivity index (χ2v) is 5.14. The van der Waals surface area contributed by atoms with Crippen molar-refractivity contribution in [3.8, 4) is 0 Å². The van der Waals surface area contributed by atoms with Gasteiger partial charge >= 0.3 is 0 Å². The quantitative estimate of drug-likeness (QED) is 0.857. The van der Waals surface area contributed by atoms with Crippen molar-refractivity contribution in [1.29, 1.82) is 0 Å². The van der Waals surface area contributed by atoms with E-state index in [9.17, 15) is 4.79 Å². The molecule has 0 spiro atoms. The fourth-order valence-corrected chi connectivity index (χ4v) is 2.25. The summed E-state index contributed by atoms with van der Waals surface area (Å²) in [6, 6.07) is 3.78. The number of carbonyl (C=O) groups excluding carboxylic acids is 1. The van der Waals surface area contributed by atoms with Crippen molar-refractivity contribution < 1.29 is 9.53 Å². The number of aromatic nitrogens is 2. The van der Waals surface area contributed by atoms with Gasteiger partial charge in [-0.3, -0.25) is 9.20 Å². The average molecular weight is 326 g/mol. The minimum atomic E-state index is -0.112. The minimum Gasteiger partial charge on any atom is -0.385 e. The molecular weight excluding hydrogens is 310 g/mol. The molecule has 2 aromatic heterocycles. The molecule has 0 atom stereocenters. The number of nitrogens with zero attached hydrogens (tertiary/aromatic N) is 2. The maximum Gasteiger partial charge on any atom is 0.270 e. The molecule has 19 heavy (non-hydrogen) atoms. The van der Waals surface area contributed by atoms with Crippen molar-refractivity contribution in [2.45, 2.75) is 13.3 Å². The van der Waals surface area contributed by atoms with Gasteiger partial charge in [-0.25, -0.2) is 4.98 Å². The highest BCUT2D eigenvalue weighted by atomic mass is 79.9. The summed E-state index contributed by atoms with van der Waals surface area (Å²) >= 11 is 3.40. The number of methoxy groups -OCH3 is 1. The molecule has 0 fully saturated rings. The van der Waals surface area contributed by atoms with Crippen molar-refractivity contribution in [1.82, 2.24) is 14.7 Å². The number of imidazole rings is 1. The number of nitrogens with one attached hydrogen (secondary N) is 1. The maximum atomic E-state index is 12.2. The standard InChI is InChI=1S/C13H16BrN3O2/c1-9-12(13(18)15-6-3-7-19-2)17-8-10(14)4-5-11(17)16-9/h4-5,8H,3,6-7H2,1-2H3,(H,15,18). The second kappa shape index (κ2) is 6.16. The van der Waals surface area contributed by atoms with Crippen molar-refractivity contribution in [2.75, 3.05) is 20.3 Å². The SMILES string of the molecule is COCCCNC(=O)c1c(C)nc2ccc(Br)cn12. The predicted octanol–water partition coefficient (Wildman–Crippen LogP) is 2.17. The van der Waals surface area contributed by atoms with Crippen molar-refractivity contribution in [3.05, 3.63) is 34.2 Å². The predicted molar refractivity (Wildman–Crippen MR) is 76.5 cm³/mol. The molecule has 0 aliphatic rings. The van der Waals surface area contributed by atoms with E-state index in [2.05, 4.69) is 26.2 Å². The van der Waals surface area contributed by atoms with Crippen LogP contribution in [0, 0.1) is 6.92 Å². The van der Waals surface area contributed by atoms with Crippen LogP contribution in [-0.4, -0.2) is 35.6 Å². The lowest BCUT2D eigenvalue weighted by atomic mass is 10.3. The van der Waals surface area contributed by atoms with E-state index in [1.807, 2.05) is 25.3 Å². The lowest BCUT2D eigenvalue weighted by Crippen LogP contribution is -2.27. The Labute approximate surface area is 120 Å². The van der Waals surface area contributed by atoms with Gasteiger partial charge in [-0.05, 0) is 41.4 Å². The van der Waals surface area contributed by atoms with Gasteiger partial charge in [-0.15, -0.1) is 0 Å². The van der Waals surface area contributed by atoms with Crippen LogP contribution in [0.5, 0.6) is 0 Å². The van der Waals surface area contributed by atoms with Crippen LogP contribution in [0.25, 0.3) is 5.65 Å². The van der Waals surface area contributed by atoms with E-state index in [1.54, 1.807) is 11.5 Å². The number of fused-ring (bicyclic) bond motifs is 1. The van der Waals surface area contributed by atoms with Gasteiger partial charge in [0.1, 0.15) is 11.3 Å². The highest BCUT2D eigenvalue weighted by Crippen LogP contribution is 2.16. The lowest BCUT2D eigenvalue weighted by molar-refractivity contribution is 0.0942. The summed E-state index contributed by atoms with van der Waals surface area (Å²) in [7, 11) is 1.65. The van der Waals surface area contributed by atoms with Gasteiger partial charge in [-0.1, -0.05) is 0 Å². The zero-order valence-electron chi connectivity index (χ0n) is 10.9. The van der Waals surface area contributed by atoms with E-state index in [-0.39, 0.29) is 5.91 Å². The van der Waals surface area contributed by atoms with E-state index >= 15 is 0 Å². The molecule has 5 nitrogen and oxygen atoms in total. The molecule has 2 aromatic rings. The highest BCUT2D eigenvalue weighted by molar-refractivity contribution is 9.10. The monoisotopic (exact) mass is 325 g/mol. The number of carbonyl (C=O) groups is 1. The Morgan fingerprint density at radius 2 is 2.32 bits per heavy atom. The first-order valence-corrected chi connectivity index (χ1v) is 6.84. The Bertz CT molecular complexity index is 595. The van der Waals surface area contributed by atoms with E-state index < -0.39 is 0 Å². The first-order chi connectivity index (χ1) is 9.13. The van der Waals surface area contributed by atoms with Gasteiger partial charge in [0, 0.05) is 30.9 Å². The van der Waals surface area contributed by atoms with Crippen LogP contribution in [0.1, 0.15) is 22.6 Å². The summed E-state index contributed by atoms with van der Waals surface area (Å²) in [6.07, 6.45) is 2.64. The highest BCUT2D eigenvalue weighted by Gasteiger charge is 2.16. The van der Waals surface area contributed by atoms with Crippen molar-refractivity contribution in [3.63, 3.8) is 0 Å². The number of halogens is 1. The summed E-state index contributed by atoms with van der Waals surface area (Å²) in [5, 5.41) is 2.88. The zero-order chi connectivity index (χ0) is 13.8. The van der Waals surface area contributed by atoms with Crippen LogP contribution in [0.4, 0.5) is 0 Å². The third kappa shape index (κ3) is 3.13. The molecule has 1 N–H and O–H groups in total. The number of ether oxygens (including phenoxy) is 1. The number of aryl methyl sites for hydroxylation is 1. The summed E-state index contributed by atoms with van der Waals surface area (Å²) in [4.78, 5) is 16.6. The second-order valence-electron chi connectivity index (χ2n) is 4.22. The molecule has 0 aliphatic heterocycles. The van der Waals surface area contributed by atoms with Gasteiger partial charge < -0.3 is 10.1 Å². The normalized spacial score (nSPS) is 10.9. The number of amides is 1. The molecule has 0 aliphatic carbocycles. The molecule has 1 amide bonds. The lowest BCUT2D eigenvalue weighted by Gasteiger charge is -2.06. The maximum absolute atomic E-state index is 12.2. The van der Waals surface area contributed by atoms with Gasteiger partial charge in [0.05, 0.1) is 5.69 Å². The van der Waals surface area contributed by atoms with Crippen LogP contribution in [0.3, 0.4) is 0 Å². The molecule has 6 heteroatoms. The Hall–Kier alpha value is -1.40. The summed E-state index contributed by atoms with van der Waals surface area (Å²) in [5.74, 6) is -0.112. The molecule has 0 unspecified atom stereocenters. The molecule has 0 saturated heterocycles. The summed E-state index contributed by atoms with van der Waals surface area (Å²) in [6.45, 7) is 3.07. The number of hydrogen-bond acceptors (Lipinski definition) is 3. The minimum absolute atomic E-state index is 0.112. The first kappa shape index (κ1) is 14.0. The Morgan fingerprint density at radius 3 is 3.05 bits per heavy atom. The fraction of sp³-hybridized carbons (Fsp3) is 0.385. The molecule has 2 heterocycles. The smallest absolute Gasteiger partial charge is 0.270 e. The van der Waals surface area contributed by atoms with Crippen molar-refractivity contribution >= 4 is 27.5 Å². The molecule has 102 valence electrons. The largest absolute Gasteiger partial charge is 0.385 e. The molecule has 0 radical (unpaired) electrons. The number of pyridine rings is 1. The molecule has 2 rings (SSSR count). The van der Waals surface area contributed by atoms with E-state index in [0.29, 0.717) is 18.8 Å². The van der Waals surface area contributed by atoms with Crippen LogP contribution < -0.4 is 5.32 Å². The topological polar surface area (TPSA) is 55.6 Å². The molecule has 0 bridgehead atoms. The first-order valence-electron chi connectivity index (χ1n) is 6.05. The Balaban J connectivity index is 2.21. The molecule has 0 saturated carbocycles. The van der Waals surface area contributed by atoms with E-state index in [0.717, 1.165) is 22.2 Å². The Kier molecular flexibility index (Phi) is 4.55. The van der Waals surface area contributed by atoms with Gasteiger partial charge in [0.25, 0.3) is 5.91 Å². The van der Waals surface area contributed by atoms with Gasteiger partial charge in [-0.2, -0.15) is 0 Å². The van der Waals surface area contributed by atoms with E-state index in [1.165, 1.54) is 0 Å². The van der Waals surface area contributed by atoms with Gasteiger partial charge in [0.2, 0.25) is 0 Å². The van der Waals surface area contributed by atoms with Crippen molar-refractivity contribution in [2.24, 2.45) is 0 Å². The third-order valence-corrected chi connectivity index (χ3v) is 3.25. The van der Waals surface area contributed by atoms with Gasteiger partial charge in [0.15, 0.2) is 0 Å². The van der Waals surface area contributed by atoms with Crippen LogP contribution in [-0.2, 0) is 4.74 Å². The summed E-state index contributed by atoms with van der Waals surface area (Å²) < 4.78 is 7.65. The number of rotatable bonds is 5.